The summed E-state index contributed by atoms with van der Waals surface area (Å²) in [6.45, 7) is 3.90. The molecule has 2 heterocycles. The van der Waals surface area contributed by atoms with Crippen LogP contribution in [0.5, 0.6) is 0 Å². The molecule has 1 saturated carbocycles. The van der Waals surface area contributed by atoms with Gasteiger partial charge in [-0.15, -0.1) is 0 Å². The van der Waals surface area contributed by atoms with Crippen molar-refractivity contribution in [3.8, 4) is 0 Å². The van der Waals surface area contributed by atoms with E-state index in [1.807, 2.05) is 6.07 Å². The summed E-state index contributed by atoms with van der Waals surface area (Å²) < 4.78 is 0. The lowest BCUT2D eigenvalue weighted by molar-refractivity contribution is -0.144. The molecule has 33 heavy (non-hydrogen) atoms. The Bertz CT molecular complexity index is 1030. The Morgan fingerprint density at radius 1 is 1.21 bits per heavy atom. The number of nitrogens with zero attached hydrogens (tertiary/aromatic N) is 2. The van der Waals surface area contributed by atoms with Crippen LogP contribution in [0.3, 0.4) is 0 Å². The van der Waals surface area contributed by atoms with E-state index >= 15 is 0 Å². The number of piperazine rings is 1. The lowest BCUT2D eigenvalue weighted by Gasteiger charge is -2.44. The summed E-state index contributed by atoms with van der Waals surface area (Å²) in [5, 5.41) is 6.32. The molecule has 1 spiro atoms. The van der Waals surface area contributed by atoms with Crippen LogP contribution in [0.4, 0.5) is 5.82 Å². The van der Waals surface area contributed by atoms with E-state index in [-0.39, 0.29) is 11.6 Å². The van der Waals surface area contributed by atoms with Gasteiger partial charge >= 0.3 is 0 Å². The summed E-state index contributed by atoms with van der Waals surface area (Å²) in [5.41, 5.74) is 4.96. The topological polar surface area (TPSA) is 74.3 Å². The summed E-state index contributed by atoms with van der Waals surface area (Å²) >= 11 is 0. The summed E-state index contributed by atoms with van der Waals surface area (Å²) in [6.07, 6.45) is 10.6. The first kappa shape index (κ1) is 22.1. The molecule has 6 heteroatoms. The molecule has 3 aliphatic rings. The van der Waals surface area contributed by atoms with E-state index in [9.17, 15) is 9.59 Å². The van der Waals surface area contributed by atoms with E-state index in [1.54, 1.807) is 6.20 Å². The summed E-state index contributed by atoms with van der Waals surface area (Å²) in [5.74, 6) is 1.33. The minimum Gasteiger partial charge on any atom is -0.337 e. The Hall–Kier alpha value is -2.73. The van der Waals surface area contributed by atoms with Crippen molar-refractivity contribution in [1.29, 1.82) is 0 Å². The van der Waals surface area contributed by atoms with Crippen molar-refractivity contribution in [1.82, 2.24) is 15.2 Å². The van der Waals surface area contributed by atoms with E-state index < -0.39 is 0 Å². The highest BCUT2D eigenvalue weighted by Crippen LogP contribution is 2.37. The normalized spacial score (nSPS) is 23.7. The first-order valence-corrected chi connectivity index (χ1v) is 12.4. The lowest BCUT2D eigenvalue weighted by atomic mass is 9.91. The number of hydrogen-bond donors (Lipinski definition) is 2. The van der Waals surface area contributed by atoms with Crippen LogP contribution in [-0.4, -0.2) is 46.9 Å². The molecule has 6 nitrogen and oxygen atoms in total. The standard InChI is InChI=1S/C27H34N4O2/c1-19-17-30-27(10-2-3-11-27)26(33)31(19)13-5-6-20-8-9-21-15-23(16-22(21)14-20)24-7-4-12-28-25(24)29-18-32/h4,7-9,12,14,18-19,23,30H,2-3,5-6,10-11,13,15-17H2,1H3,(H,28,29,32)/t19-,23+/m0/s1. The molecule has 2 amide bonds. The number of anilines is 1. The van der Waals surface area contributed by atoms with Gasteiger partial charge in [-0.1, -0.05) is 37.1 Å². The number of hydrogen-bond acceptors (Lipinski definition) is 4. The second-order valence-corrected chi connectivity index (χ2v) is 10.0. The van der Waals surface area contributed by atoms with Gasteiger partial charge in [-0.3, -0.25) is 9.59 Å². The van der Waals surface area contributed by atoms with Gasteiger partial charge in [0.15, 0.2) is 0 Å². The number of benzene rings is 1. The van der Waals surface area contributed by atoms with Crippen molar-refractivity contribution in [2.45, 2.75) is 75.8 Å². The predicted molar refractivity (Wildman–Crippen MR) is 129 cm³/mol. The van der Waals surface area contributed by atoms with Crippen LogP contribution in [0.25, 0.3) is 0 Å². The smallest absolute Gasteiger partial charge is 0.243 e. The minimum absolute atomic E-state index is 0.262. The molecule has 0 unspecified atom stereocenters. The quantitative estimate of drug-likeness (QED) is 0.638. The zero-order valence-corrected chi connectivity index (χ0v) is 19.5. The summed E-state index contributed by atoms with van der Waals surface area (Å²) in [6, 6.07) is 11.1. The van der Waals surface area contributed by atoms with Crippen molar-refractivity contribution in [2.24, 2.45) is 0 Å². The van der Waals surface area contributed by atoms with E-state index in [1.165, 1.54) is 16.7 Å². The third-order valence-corrected chi connectivity index (χ3v) is 7.94. The molecule has 1 aliphatic heterocycles. The zero-order valence-electron chi connectivity index (χ0n) is 19.5. The van der Waals surface area contributed by atoms with Gasteiger partial charge < -0.3 is 15.5 Å². The van der Waals surface area contributed by atoms with E-state index in [2.05, 4.69) is 51.7 Å². The number of aromatic nitrogens is 1. The fourth-order valence-electron chi connectivity index (χ4n) is 6.12. The van der Waals surface area contributed by atoms with Gasteiger partial charge in [-0.25, -0.2) is 4.98 Å². The van der Waals surface area contributed by atoms with Crippen molar-refractivity contribution in [3.05, 3.63) is 58.8 Å². The maximum atomic E-state index is 13.2. The van der Waals surface area contributed by atoms with Crippen molar-refractivity contribution in [3.63, 3.8) is 0 Å². The molecule has 1 aromatic carbocycles. The summed E-state index contributed by atoms with van der Waals surface area (Å²) in [7, 11) is 0. The molecule has 2 aromatic rings. The second kappa shape index (κ2) is 9.26. The van der Waals surface area contributed by atoms with Crippen LogP contribution in [0.1, 0.15) is 67.2 Å². The van der Waals surface area contributed by atoms with Gasteiger partial charge in [0, 0.05) is 25.3 Å². The second-order valence-electron chi connectivity index (χ2n) is 10.0. The number of fused-ring (bicyclic) bond motifs is 1. The van der Waals surface area contributed by atoms with Gasteiger partial charge in [0.1, 0.15) is 5.82 Å². The number of rotatable bonds is 7. The minimum atomic E-state index is -0.279. The van der Waals surface area contributed by atoms with Gasteiger partial charge in [0.05, 0.1) is 5.54 Å². The molecule has 5 rings (SSSR count). The fraction of sp³-hybridized carbons (Fsp3) is 0.519. The molecule has 2 aliphatic carbocycles. The third kappa shape index (κ3) is 4.29. The average Bonchev–Trinajstić information content (AvgIpc) is 3.47. The van der Waals surface area contributed by atoms with Gasteiger partial charge in [-0.2, -0.15) is 0 Å². The van der Waals surface area contributed by atoms with E-state index in [0.29, 0.717) is 24.1 Å². The first-order chi connectivity index (χ1) is 16.1. The van der Waals surface area contributed by atoms with Crippen LogP contribution < -0.4 is 10.6 Å². The highest BCUT2D eigenvalue weighted by molar-refractivity contribution is 5.88. The van der Waals surface area contributed by atoms with Crippen molar-refractivity contribution >= 4 is 18.1 Å². The Kier molecular flexibility index (Phi) is 6.19. The molecule has 2 N–H and O–H groups in total. The Balaban J connectivity index is 1.21. The zero-order chi connectivity index (χ0) is 22.8. The van der Waals surface area contributed by atoms with Crippen molar-refractivity contribution in [2.75, 3.05) is 18.4 Å². The number of carbonyl (C=O) groups excluding carboxylic acids is 2. The van der Waals surface area contributed by atoms with Crippen LogP contribution >= 0.6 is 0 Å². The van der Waals surface area contributed by atoms with Crippen LogP contribution in [0.2, 0.25) is 0 Å². The predicted octanol–water partition coefficient (Wildman–Crippen LogP) is 3.60. The van der Waals surface area contributed by atoms with Crippen LogP contribution in [0.15, 0.2) is 36.5 Å². The maximum Gasteiger partial charge on any atom is 0.243 e. The Morgan fingerprint density at radius 2 is 2.03 bits per heavy atom. The molecule has 2 fully saturated rings. The van der Waals surface area contributed by atoms with E-state index in [0.717, 1.165) is 70.0 Å². The molecule has 1 saturated heterocycles. The Morgan fingerprint density at radius 3 is 2.85 bits per heavy atom. The number of amides is 2. The number of pyridine rings is 1. The summed E-state index contributed by atoms with van der Waals surface area (Å²) in [4.78, 5) is 30.7. The monoisotopic (exact) mass is 446 g/mol. The van der Waals surface area contributed by atoms with E-state index in [4.69, 9.17) is 0 Å². The number of nitrogens with one attached hydrogen (secondary N) is 2. The number of carbonyl (C=O) groups is 2. The molecule has 0 radical (unpaired) electrons. The highest BCUT2D eigenvalue weighted by Gasteiger charge is 2.47. The van der Waals surface area contributed by atoms with Gasteiger partial charge in [0.2, 0.25) is 12.3 Å². The largest absolute Gasteiger partial charge is 0.337 e. The molecule has 0 bridgehead atoms. The molecular weight excluding hydrogens is 412 g/mol. The SMILES string of the molecule is C[C@H]1CNC2(CCCC2)C(=O)N1CCCc1ccc2c(c1)C[C@H](c1cccnc1NC=O)C2. The third-order valence-electron chi connectivity index (χ3n) is 7.94. The fourth-order valence-corrected chi connectivity index (χ4v) is 6.12. The first-order valence-electron chi connectivity index (χ1n) is 12.4. The van der Waals surface area contributed by atoms with Crippen molar-refractivity contribution < 1.29 is 9.59 Å². The van der Waals surface area contributed by atoms with Crippen LogP contribution in [-0.2, 0) is 28.9 Å². The highest BCUT2D eigenvalue weighted by atomic mass is 16.2. The van der Waals surface area contributed by atoms with Gasteiger partial charge in [0.25, 0.3) is 0 Å². The van der Waals surface area contributed by atoms with Crippen LogP contribution in [0, 0.1) is 0 Å². The Labute approximate surface area is 196 Å². The molecule has 1 aromatic heterocycles. The average molecular weight is 447 g/mol. The van der Waals surface area contributed by atoms with Gasteiger partial charge in [-0.05, 0) is 79.7 Å². The molecule has 2 atom stereocenters. The maximum absolute atomic E-state index is 13.2. The number of aryl methyl sites for hydroxylation is 1. The molecular formula is C27H34N4O2. The molecule has 174 valence electrons. The lowest BCUT2D eigenvalue weighted by Crippen LogP contribution is -2.66.